The normalized spacial score (nSPS) is 10.5. The zero-order chi connectivity index (χ0) is 9.42. The Labute approximate surface area is 79.2 Å². The van der Waals surface area contributed by atoms with Crippen molar-refractivity contribution >= 4 is 33.0 Å². The number of nitrogens with two attached hydrogens (primary N) is 1. The van der Waals surface area contributed by atoms with Gasteiger partial charge in [0.1, 0.15) is 6.29 Å². The first-order chi connectivity index (χ1) is 6.20. The van der Waals surface area contributed by atoms with Crippen LogP contribution in [0.3, 0.4) is 0 Å². The van der Waals surface area contributed by atoms with Gasteiger partial charge in [0.25, 0.3) is 0 Å². The second kappa shape index (κ2) is 2.81. The van der Waals surface area contributed by atoms with E-state index in [1.807, 2.05) is 19.1 Å². The highest BCUT2D eigenvalue weighted by Crippen LogP contribution is 2.25. The lowest BCUT2D eigenvalue weighted by molar-refractivity contribution is 0.112. The number of hydrogen-bond donors (Lipinski definition) is 1. The summed E-state index contributed by atoms with van der Waals surface area (Å²) in [6.07, 6.45) is 0.852. The van der Waals surface area contributed by atoms with Crippen molar-refractivity contribution in [3.63, 3.8) is 0 Å². The minimum atomic E-state index is 0.539. The average molecular weight is 192 g/mol. The quantitative estimate of drug-likeness (QED) is 0.703. The fourth-order valence-electron chi connectivity index (χ4n) is 1.24. The molecule has 1 aromatic heterocycles. The summed E-state index contributed by atoms with van der Waals surface area (Å²) in [7, 11) is 0. The van der Waals surface area contributed by atoms with E-state index in [1.165, 1.54) is 11.3 Å². The van der Waals surface area contributed by atoms with Gasteiger partial charge in [-0.15, -0.1) is 0 Å². The molecule has 0 radical (unpaired) electrons. The zero-order valence-corrected chi connectivity index (χ0v) is 7.89. The van der Waals surface area contributed by atoms with Crippen LogP contribution in [0.5, 0.6) is 0 Å². The van der Waals surface area contributed by atoms with Crippen LogP contribution in [0.1, 0.15) is 15.9 Å². The summed E-state index contributed by atoms with van der Waals surface area (Å²) in [6, 6.07) is 3.71. The average Bonchev–Trinajstić information content (AvgIpc) is 2.42. The maximum atomic E-state index is 10.6. The van der Waals surface area contributed by atoms with Crippen LogP contribution >= 0.6 is 11.3 Å². The van der Waals surface area contributed by atoms with Gasteiger partial charge in [0.15, 0.2) is 5.13 Å². The molecule has 2 aromatic rings. The highest BCUT2D eigenvalue weighted by molar-refractivity contribution is 7.22. The molecule has 66 valence electrons. The molecule has 0 aliphatic rings. The molecule has 0 saturated heterocycles. The van der Waals surface area contributed by atoms with Crippen LogP contribution in [0.4, 0.5) is 5.13 Å². The predicted molar refractivity (Wildman–Crippen MR) is 54.2 cm³/mol. The molecule has 0 unspecified atom stereocenters. The summed E-state index contributed by atoms with van der Waals surface area (Å²) >= 11 is 1.40. The van der Waals surface area contributed by atoms with Gasteiger partial charge in [-0.2, -0.15) is 0 Å². The zero-order valence-electron chi connectivity index (χ0n) is 7.07. The van der Waals surface area contributed by atoms with Gasteiger partial charge in [0, 0.05) is 5.56 Å². The number of nitrogens with zero attached hydrogens (tertiary/aromatic N) is 1. The maximum absolute atomic E-state index is 10.6. The lowest BCUT2D eigenvalue weighted by atomic mass is 10.1. The van der Waals surface area contributed by atoms with Crippen molar-refractivity contribution in [2.45, 2.75) is 6.92 Å². The Morgan fingerprint density at radius 2 is 2.31 bits per heavy atom. The Hall–Kier alpha value is -1.42. The van der Waals surface area contributed by atoms with Crippen LogP contribution in [-0.4, -0.2) is 11.3 Å². The van der Waals surface area contributed by atoms with Crippen LogP contribution < -0.4 is 5.73 Å². The third-order valence-corrected chi connectivity index (χ3v) is 2.77. The second-order valence-corrected chi connectivity index (χ2v) is 3.91. The fourth-order valence-corrected chi connectivity index (χ4v) is 2.00. The molecule has 0 bridgehead atoms. The molecule has 0 fully saturated rings. The lowest BCUT2D eigenvalue weighted by Crippen LogP contribution is -1.85. The first kappa shape index (κ1) is 8.19. The summed E-state index contributed by atoms with van der Waals surface area (Å²) in [5.74, 6) is 0. The number of anilines is 1. The van der Waals surface area contributed by atoms with E-state index in [-0.39, 0.29) is 0 Å². The molecule has 0 amide bonds. The van der Waals surface area contributed by atoms with Crippen molar-refractivity contribution < 1.29 is 4.79 Å². The van der Waals surface area contributed by atoms with E-state index < -0.39 is 0 Å². The van der Waals surface area contributed by atoms with Crippen molar-refractivity contribution in [2.75, 3.05) is 5.73 Å². The van der Waals surface area contributed by atoms with E-state index in [9.17, 15) is 4.79 Å². The van der Waals surface area contributed by atoms with Crippen LogP contribution in [0.25, 0.3) is 10.2 Å². The number of fused-ring (bicyclic) bond motifs is 1. The van der Waals surface area contributed by atoms with Gasteiger partial charge in [-0.3, -0.25) is 4.79 Å². The molecule has 4 heteroatoms. The number of thiazole rings is 1. The van der Waals surface area contributed by atoms with Gasteiger partial charge < -0.3 is 5.73 Å². The molecule has 13 heavy (non-hydrogen) atoms. The number of nitrogen functional groups attached to an aromatic ring is 1. The highest BCUT2D eigenvalue weighted by Gasteiger charge is 2.04. The summed E-state index contributed by atoms with van der Waals surface area (Å²) in [5.41, 5.74) is 8.06. The molecule has 3 nitrogen and oxygen atoms in total. The van der Waals surface area contributed by atoms with Crippen LogP contribution in [0.15, 0.2) is 12.1 Å². The second-order valence-electron chi connectivity index (χ2n) is 2.85. The van der Waals surface area contributed by atoms with Crippen molar-refractivity contribution in [3.05, 3.63) is 23.3 Å². The fraction of sp³-hybridized carbons (Fsp3) is 0.111. The summed E-state index contributed by atoms with van der Waals surface area (Å²) in [6.45, 7) is 1.89. The summed E-state index contributed by atoms with van der Waals surface area (Å²) < 4.78 is 0.963. The molecule has 1 heterocycles. The van der Waals surface area contributed by atoms with Gasteiger partial charge in [0.2, 0.25) is 0 Å². The number of rotatable bonds is 1. The Bertz CT molecular complexity index is 476. The van der Waals surface area contributed by atoms with Gasteiger partial charge in [-0.25, -0.2) is 4.98 Å². The van der Waals surface area contributed by atoms with E-state index in [1.54, 1.807) is 0 Å². The Balaban J connectivity index is 2.79. The van der Waals surface area contributed by atoms with Gasteiger partial charge in [0.05, 0.1) is 10.2 Å². The van der Waals surface area contributed by atoms with Crippen molar-refractivity contribution in [3.8, 4) is 0 Å². The smallest absolute Gasteiger partial charge is 0.181 e. The largest absolute Gasteiger partial charge is 0.375 e. The monoisotopic (exact) mass is 192 g/mol. The molecule has 2 rings (SSSR count). The topological polar surface area (TPSA) is 56.0 Å². The lowest BCUT2D eigenvalue weighted by Gasteiger charge is -1.95. The van der Waals surface area contributed by atoms with E-state index in [0.717, 1.165) is 22.1 Å². The molecular weight excluding hydrogens is 184 g/mol. The Kier molecular flexibility index (Phi) is 1.77. The molecule has 0 aliphatic carbocycles. The van der Waals surface area contributed by atoms with Gasteiger partial charge in [-0.05, 0) is 24.6 Å². The SMILES string of the molecule is Cc1cc2nc(N)sc2cc1C=O. The minimum Gasteiger partial charge on any atom is -0.375 e. The van der Waals surface area contributed by atoms with Crippen molar-refractivity contribution in [1.29, 1.82) is 0 Å². The van der Waals surface area contributed by atoms with Gasteiger partial charge >= 0.3 is 0 Å². The summed E-state index contributed by atoms with van der Waals surface area (Å²) in [5, 5.41) is 0.539. The molecule has 0 spiro atoms. The van der Waals surface area contributed by atoms with E-state index in [4.69, 9.17) is 5.73 Å². The van der Waals surface area contributed by atoms with Crippen LogP contribution in [-0.2, 0) is 0 Å². The number of carbonyl (C=O) groups excluding carboxylic acids is 1. The Morgan fingerprint density at radius 1 is 1.54 bits per heavy atom. The molecular formula is C9H8N2OS. The molecule has 0 atom stereocenters. The number of hydrogen-bond acceptors (Lipinski definition) is 4. The Morgan fingerprint density at radius 3 is 3.00 bits per heavy atom. The first-order valence-corrected chi connectivity index (χ1v) is 4.64. The van der Waals surface area contributed by atoms with Gasteiger partial charge in [-0.1, -0.05) is 11.3 Å². The van der Waals surface area contributed by atoms with Crippen LogP contribution in [0.2, 0.25) is 0 Å². The number of aromatic nitrogens is 1. The predicted octanol–water partition coefficient (Wildman–Crippen LogP) is 2.00. The van der Waals surface area contributed by atoms with E-state index >= 15 is 0 Å². The third kappa shape index (κ3) is 1.29. The number of aryl methyl sites for hydroxylation is 1. The highest BCUT2D eigenvalue weighted by atomic mass is 32.1. The van der Waals surface area contributed by atoms with Crippen LogP contribution in [0, 0.1) is 6.92 Å². The molecule has 0 aliphatic heterocycles. The van der Waals surface area contributed by atoms with Crippen molar-refractivity contribution in [1.82, 2.24) is 4.98 Å². The molecule has 0 saturated carbocycles. The third-order valence-electron chi connectivity index (χ3n) is 1.92. The minimum absolute atomic E-state index is 0.539. The number of aldehydes is 1. The standard InChI is InChI=1S/C9H8N2OS/c1-5-2-7-8(3-6(5)4-12)13-9(10)11-7/h2-4H,1H3,(H2,10,11). The maximum Gasteiger partial charge on any atom is 0.181 e. The molecule has 2 N–H and O–H groups in total. The molecule has 1 aromatic carbocycles. The number of benzene rings is 1. The van der Waals surface area contributed by atoms with E-state index in [2.05, 4.69) is 4.98 Å². The van der Waals surface area contributed by atoms with E-state index in [0.29, 0.717) is 10.7 Å². The number of carbonyl (C=O) groups is 1. The first-order valence-electron chi connectivity index (χ1n) is 3.82. The summed E-state index contributed by atoms with van der Waals surface area (Å²) in [4.78, 5) is 14.8. The van der Waals surface area contributed by atoms with Crippen molar-refractivity contribution in [2.24, 2.45) is 0 Å².